The monoisotopic (exact) mass is 249 g/mol. The average Bonchev–Trinajstić information content (AvgIpc) is 2.85. The first-order chi connectivity index (χ1) is 8.79. The summed E-state index contributed by atoms with van der Waals surface area (Å²) in [6.07, 6.45) is 8.41. The van der Waals surface area contributed by atoms with Crippen molar-refractivity contribution in [3.05, 3.63) is 18.2 Å². The molecule has 2 heterocycles. The molecule has 0 spiro atoms. The Bertz CT molecular complexity index is 380. The van der Waals surface area contributed by atoms with E-state index in [0.717, 1.165) is 37.8 Å². The molecule has 4 nitrogen and oxygen atoms in total. The van der Waals surface area contributed by atoms with Gasteiger partial charge in [0.05, 0.1) is 6.42 Å². The number of rotatable bonds is 6. The van der Waals surface area contributed by atoms with Crippen molar-refractivity contribution in [1.82, 2.24) is 14.9 Å². The van der Waals surface area contributed by atoms with Crippen molar-refractivity contribution in [3.8, 4) is 0 Å². The number of carbonyl (C=O) groups is 1. The number of piperidine rings is 1. The molecule has 0 aliphatic carbocycles. The third kappa shape index (κ3) is 3.67. The Labute approximate surface area is 109 Å². The fourth-order valence-corrected chi connectivity index (χ4v) is 2.60. The van der Waals surface area contributed by atoms with Gasteiger partial charge in [0.15, 0.2) is 0 Å². The van der Waals surface area contributed by atoms with E-state index >= 15 is 0 Å². The number of nitrogens with zero attached hydrogens (tertiary/aromatic N) is 2. The van der Waals surface area contributed by atoms with Gasteiger partial charge in [-0.2, -0.15) is 0 Å². The molecule has 0 saturated carbocycles. The zero-order chi connectivity index (χ0) is 12.8. The summed E-state index contributed by atoms with van der Waals surface area (Å²) in [5, 5.41) is 3.36. The molecule has 1 fully saturated rings. The highest BCUT2D eigenvalue weighted by atomic mass is 16.1. The van der Waals surface area contributed by atoms with Crippen LogP contribution >= 0.6 is 0 Å². The van der Waals surface area contributed by atoms with Crippen molar-refractivity contribution in [2.45, 2.75) is 45.6 Å². The predicted molar refractivity (Wildman–Crippen MR) is 71.4 cm³/mol. The number of carbonyl (C=O) groups excluding carboxylic acids is 1. The van der Waals surface area contributed by atoms with Crippen molar-refractivity contribution in [2.24, 2.45) is 5.92 Å². The number of aryl methyl sites for hydroxylation is 1. The van der Waals surface area contributed by atoms with Gasteiger partial charge in [-0.3, -0.25) is 4.79 Å². The van der Waals surface area contributed by atoms with E-state index in [9.17, 15) is 4.79 Å². The number of hydrogen-bond acceptors (Lipinski definition) is 3. The van der Waals surface area contributed by atoms with Crippen molar-refractivity contribution >= 4 is 5.78 Å². The molecular formula is C14H23N3O. The molecule has 18 heavy (non-hydrogen) atoms. The highest BCUT2D eigenvalue weighted by molar-refractivity contribution is 5.80. The van der Waals surface area contributed by atoms with Crippen LogP contribution in [0.15, 0.2) is 12.4 Å². The molecule has 0 atom stereocenters. The standard InChI is InChI=1S/C14H23N3O/c1-2-17-10-9-16-14(17)11-13(18)4-3-12-5-7-15-8-6-12/h9-10,12,15H,2-8,11H2,1H3. The zero-order valence-electron chi connectivity index (χ0n) is 11.2. The van der Waals surface area contributed by atoms with Crippen molar-refractivity contribution in [3.63, 3.8) is 0 Å². The highest BCUT2D eigenvalue weighted by Crippen LogP contribution is 2.18. The maximum Gasteiger partial charge on any atom is 0.140 e. The minimum absolute atomic E-state index is 0.328. The number of Topliss-reactive ketones (excluding diaryl/α,β-unsaturated/α-hetero) is 1. The van der Waals surface area contributed by atoms with E-state index in [2.05, 4.69) is 17.2 Å². The van der Waals surface area contributed by atoms with Crippen LogP contribution in [-0.4, -0.2) is 28.4 Å². The molecule has 2 rings (SSSR count). The fraction of sp³-hybridized carbons (Fsp3) is 0.714. The molecule has 100 valence electrons. The maximum atomic E-state index is 12.0. The fourth-order valence-electron chi connectivity index (χ4n) is 2.60. The van der Waals surface area contributed by atoms with Gasteiger partial charge < -0.3 is 9.88 Å². The van der Waals surface area contributed by atoms with Gasteiger partial charge >= 0.3 is 0 Å². The molecule has 1 aromatic heterocycles. The Balaban J connectivity index is 1.74. The summed E-state index contributed by atoms with van der Waals surface area (Å²) in [7, 11) is 0. The predicted octanol–water partition coefficient (Wildman–Crippen LogP) is 1.79. The molecule has 1 aromatic rings. The Kier molecular flexibility index (Phi) is 4.93. The number of aromatic nitrogens is 2. The summed E-state index contributed by atoms with van der Waals surface area (Å²) in [5.41, 5.74) is 0. The van der Waals surface area contributed by atoms with Crippen LogP contribution < -0.4 is 5.32 Å². The largest absolute Gasteiger partial charge is 0.335 e. The van der Waals surface area contributed by atoms with Crippen LogP contribution in [0.2, 0.25) is 0 Å². The summed E-state index contributed by atoms with van der Waals surface area (Å²) < 4.78 is 2.04. The lowest BCUT2D eigenvalue weighted by Gasteiger charge is -2.22. The maximum absolute atomic E-state index is 12.0. The lowest BCUT2D eigenvalue weighted by Crippen LogP contribution is -2.28. The van der Waals surface area contributed by atoms with Crippen molar-refractivity contribution < 1.29 is 4.79 Å². The Morgan fingerprint density at radius 1 is 1.50 bits per heavy atom. The smallest absolute Gasteiger partial charge is 0.140 e. The molecule has 0 bridgehead atoms. The average molecular weight is 249 g/mol. The Hall–Kier alpha value is -1.16. The second-order valence-electron chi connectivity index (χ2n) is 5.08. The molecular weight excluding hydrogens is 226 g/mol. The van der Waals surface area contributed by atoms with Crippen LogP contribution in [0.25, 0.3) is 0 Å². The molecule has 1 aliphatic rings. The van der Waals surface area contributed by atoms with E-state index in [4.69, 9.17) is 0 Å². The Morgan fingerprint density at radius 2 is 2.28 bits per heavy atom. The van der Waals surface area contributed by atoms with Crippen LogP contribution in [0.4, 0.5) is 0 Å². The van der Waals surface area contributed by atoms with Crippen LogP contribution in [0.3, 0.4) is 0 Å². The molecule has 1 saturated heterocycles. The molecule has 1 N–H and O–H groups in total. The molecule has 4 heteroatoms. The Morgan fingerprint density at radius 3 is 3.00 bits per heavy atom. The summed E-state index contributed by atoms with van der Waals surface area (Å²) >= 11 is 0. The number of ketones is 1. The first kappa shape index (κ1) is 13.3. The third-order valence-electron chi connectivity index (χ3n) is 3.79. The van der Waals surface area contributed by atoms with Gasteiger partial charge in [-0.15, -0.1) is 0 Å². The van der Waals surface area contributed by atoms with Crippen LogP contribution in [0.1, 0.15) is 38.4 Å². The van der Waals surface area contributed by atoms with Crippen LogP contribution in [0, 0.1) is 5.92 Å². The van der Waals surface area contributed by atoms with E-state index in [1.54, 1.807) is 6.20 Å². The summed E-state index contributed by atoms with van der Waals surface area (Å²) in [6.45, 7) is 5.18. The molecule has 0 radical (unpaired) electrons. The van der Waals surface area contributed by atoms with E-state index in [1.807, 2.05) is 10.8 Å². The topological polar surface area (TPSA) is 46.9 Å². The molecule has 0 unspecified atom stereocenters. The molecule has 0 aromatic carbocycles. The van der Waals surface area contributed by atoms with Crippen molar-refractivity contribution in [2.75, 3.05) is 13.1 Å². The second kappa shape index (κ2) is 6.69. The normalized spacial score (nSPS) is 16.9. The van der Waals surface area contributed by atoms with Gasteiger partial charge in [0.1, 0.15) is 11.6 Å². The lowest BCUT2D eigenvalue weighted by molar-refractivity contribution is -0.118. The van der Waals surface area contributed by atoms with Crippen LogP contribution in [0.5, 0.6) is 0 Å². The molecule has 1 aliphatic heterocycles. The van der Waals surface area contributed by atoms with Crippen LogP contribution in [-0.2, 0) is 17.8 Å². The van der Waals surface area contributed by atoms with Crippen molar-refractivity contribution in [1.29, 1.82) is 0 Å². The minimum Gasteiger partial charge on any atom is -0.335 e. The number of nitrogens with one attached hydrogen (secondary N) is 1. The lowest BCUT2D eigenvalue weighted by atomic mass is 9.92. The van der Waals surface area contributed by atoms with E-state index in [1.165, 1.54) is 12.8 Å². The first-order valence-corrected chi connectivity index (χ1v) is 7.02. The van der Waals surface area contributed by atoms with Gasteiger partial charge in [0, 0.05) is 25.4 Å². The number of imidazole rings is 1. The van der Waals surface area contributed by atoms with Gasteiger partial charge in [-0.05, 0) is 45.2 Å². The first-order valence-electron chi connectivity index (χ1n) is 7.02. The van der Waals surface area contributed by atoms with Gasteiger partial charge in [-0.25, -0.2) is 4.98 Å². The highest BCUT2D eigenvalue weighted by Gasteiger charge is 2.15. The third-order valence-corrected chi connectivity index (χ3v) is 3.79. The summed E-state index contributed by atoms with van der Waals surface area (Å²) in [4.78, 5) is 16.2. The SMILES string of the molecule is CCn1ccnc1CC(=O)CCC1CCNCC1. The second-order valence-corrected chi connectivity index (χ2v) is 5.08. The quantitative estimate of drug-likeness (QED) is 0.836. The summed E-state index contributed by atoms with van der Waals surface area (Å²) in [5.74, 6) is 1.98. The zero-order valence-corrected chi connectivity index (χ0v) is 11.2. The van der Waals surface area contributed by atoms with Gasteiger partial charge in [0.25, 0.3) is 0 Å². The van der Waals surface area contributed by atoms with E-state index in [0.29, 0.717) is 18.6 Å². The number of hydrogen-bond donors (Lipinski definition) is 1. The summed E-state index contributed by atoms with van der Waals surface area (Å²) in [6, 6.07) is 0. The van der Waals surface area contributed by atoms with Gasteiger partial charge in [0.2, 0.25) is 0 Å². The minimum atomic E-state index is 0.328. The van der Waals surface area contributed by atoms with Gasteiger partial charge in [-0.1, -0.05) is 0 Å². The van der Waals surface area contributed by atoms with E-state index in [-0.39, 0.29) is 0 Å². The molecule has 0 amide bonds. The van der Waals surface area contributed by atoms with E-state index < -0.39 is 0 Å².